The molecule has 3 nitrogen and oxygen atoms in total. The van der Waals surface area contributed by atoms with Gasteiger partial charge in [0.25, 0.3) is 0 Å². The van der Waals surface area contributed by atoms with E-state index in [0.717, 1.165) is 11.4 Å². The van der Waals surface area contributed by atoms with Gasteiger partial charge in [-0.15, -0.1) is 0 Å². The normalized spacial score (nSPS) is 9.90. The van der Waals surface area contributed by atoms with Crippen LogP contribution in [0.5, 0.6) is 5.75 Å². The lowest BCUT2D eigenvalue weighted by atomic mass is 10.1. The maximum atomic E-state index is 5.28. The molecule has 0 aliphatic heterocycles. The van der Waals surface area contributed by atoms with Gasteiger partial charge in [0, 0.05) is 12.2 Å². The number of thiocarbonyl (C=S) groups is 1. The molecule has 0 bridgehead atoms. The Kier molecular flexibility index (Phi) is 4.96. The fourth-order valence-corrected chi connectivity index (χ4v) is 2.04. The number of nitrogens with one attached hydrogen (secondary N) is 2. The highest BCUT2D eigenvalue weighted by atomic mass is 32.1. The Morgan fingerprint density at radius 1 is 1.15 bits per heavy atom. The average molecular weight is 286 g/mol. The first-order chi connectivity index (χ1) is 9.67. The van der Waals surface area contributed by atoms with Crippen LogP contribution in [0, 0.1) is 6.92 Å². The van der Waals surface area contributed by atoms with Gasteiger partial charge in [-0.1, -0.05) is 29.8 Å². The molecule has 104 valence electrons. The Balaban J connectivity index is 1.85. The van der Waals surface area contributed by atoms with E-state index in [1.807, 2.05) is 30.3 Å². The van der Waals surface area contributed by atoms with E-state index in [9.17, 15) is 0 Å². The second kappa shape index (κ2) is 6.91. The van der Waals surface area contributed by atoms with E-state index in [1.165, 1.54) is 11.1 Å². The van der Waals surface area contributed by atoms with Crippen molar-refractivity contribution >= 4 is 23.0 Å². The maximum absolute atomic E-state index is 5.28. The fourth-order valence-electron chi connectivity index (χ4n) is 1.85. The monoisotopic (exact) mass is 286 g/mol. The molecular formula is C16H18N2OS. The summed E-state index contributed by atoms with van der Waals surface area (Å²) in [6.45, 7) is 2.79. The minimum absolute atomic E-state index is 0.608. The standard InChI is InChI=1S/C16H18N2OS/c1-12-4-3-5-13(10-12)11-17-16(20)18-14-6-8-15(19-2)9-7-14/h3-10H,11H2,1-2H3,(H2,17,18,20). The summed E-state index contributed by atoms with van der Waals surface area (Å²) in [4.78, 5) is 0. The Labute approximate surface area is 125 Å². The van der Waals surface area contributed by atoms with Crippen molar-refractivity contribution in [2.45, 2.75) is 13.5 Å². The molecule has 2 aromatic carbocycles. The third-order valence-electron chi connectivity index (χ3n) is 2.88. The van der Waals surface area contributed by atoms with Gasteiger partial charge in [-0.3, -0.25) is 0 Å². The Morgan fingerprint density at radius 2 is 1.90 bits per heavy atom. The lowest BCUT2D eigenvalue weighted by Gasteiger charge is -2.11. The first kappa shape index (κ1) is 14.3. The summed E-state index contributed by atoms with van der Waals surface area (Å²) in [5.41, 5.74) is 3.40. The number of aryl methyl sites for hydroxylation is 1. The lowest BCUT2D eigenvalue weighted by molar-refractivity contribution is 0.415. The molecule has 0 amide bonds. The SMILES string of the molecule is COc1ccc(NC(=S)NCc2cccc(C)c2)cc1. The third kappa shape index (κ3) is 4.24. The van der Waals surface area contributed by atoms with Gasteiger partial charge in [0.1, 0.15) is 5.75 Å². The van der Waals surface area contributed by atoms with Crippen LogP contribution in [0.4, 0.5) is 5.69 Å². The molecule has 4 heteroatoms. The molecule has 0 saturated carbocycles. The van der Waals surface area contributed by atoms with E-state index in [1.54, 1.807) is 7.11 Å². The molecule has 20 heavy (non-hydrogen) atoms. The minimum Gasteiger partial charge on any atom is -0.497 e. The summed E-state index contributed by atoms with van der Waals surface area (Å²) in [6.07, 6.45) is 0. The molecule has 0 unspecified atom stereocenters. The first-order valence-corrected chi connectivity index (χ1v) is 6.82. The predicted octanol–water partition coefficient (Wildman–Crippen LogP) is 3.49. The predicted molar refractivity (Wildman–Crippen MR) is 87.2 cm³/mol. The number of rotatable bonds is 4. The van der Waals surface area contributed by atoms with E-state index in [0.29, 0.717) is 11.7 Å². The van der Waals surface area contributed by atoms with Crippen LogP contribution in [0.3, 0.4) is 0 Å². The molecular weight excluding hydrogens is 268 g/mol. The van der Waals surface area contributed by atoms with Gasteiger partial charge in [-0.2, -0.15) is 0 Å². The largest absolute Gasteiger partial charge is 0.497 e. The molecule has 2 N–H and O–H groups in total. The van der Waals surface area contributed by atoms with Crippen molar-refractivity contribution in [2.75, 3.05) is 12.4 Å². The lowest BCUT2D eigenvalue weighted by Crippen LogP contribution is -2.27. The van der Waals surface area contributed by atoms with E-state index in [4.69, 9.17) is 17.0 Å². The minimum atomic E-state index is 0.608. The molecule has 2 aromatic rings. The molecule has 0 aromatic heterocycles. The number of ether oxygens (including phenoxy) is 1. The second-order valence-corrected chi connectivity index (χ2v) is 4.93. The van der Waals surface area contributed by atoms with Crippen molar-refractivity contribution in [2.24, 2.45) is 0 Å². The van der Waals surface area contributed by atoms with Gasteiger partial charge in [-0.05, 0) is 49.0 Å². The number of anilines is 1. The maximum Gasteiger partial charge on any atom is 0.171 e. The summed E-state index contributed by atoms with van der Waals surface area (Å²) in [5.74, 6) is 0.828. The molecule has 0 atom stereocenters. The topological polar surface area (TPSA) is 33.3 Å². The van der Waals surface area contributed by atoms with Crippen molar-refractivity contribution in [1.29, 1.82) is 0 Å². The van der Waals surface area contributed by atoms with Gasteiger partial charge in [0.2, 0.25) is 0 Å². The van der Waals surface area contributed by atoms with Crippen molar-refractivity contribution in [1.82, 2.24) is 5.32 Å². The van der Waals surface area contributed by atoms with Crippen LogP contribution in [0.15, 0.2) is 48.5 Å². The summed E-state index contributed by atoms with van der Waals surface area (Å²) in [6, 6.07) is 16.0. The zero-order valence-corrected chi connectivity index (χ0v) is 12.5. The van der Waals surface area contributed by atoms with E-state index < -0.39 is 0 Å². The van der Waals surface area contributed by atoms with Crippen molar-refractivity contribution in [3.63, 3.8) is 0 Å². The Bertz CT molecular complexity index is 581. The number of hydrogen-bond donors (Lipinski definition) is 2. The van der Waals surface area contributed by atoms with Crippen LogP contribution >= 0.6 is 12.2 Å². The molecule has 0 aliphatic carbocycles. The van der Waals surface area contributed by atoms with Crippen molar-refractivity contribution < 1.29 is 4.74 Å². The average Bonchev–Trinajstić information content (AvgIpc) is 2.46. The van der Waals surface area contributed by atoms with E-state index in [-0.39, 0.29) is 0 Å². The Morgan fingerprint density at radius 3 is 2.55 bits per heavy atom. The number of benzene rings is 2. The fraction of sp³-hybridized carbons (Fsp3) is 0.188. The highest BCUT2D eigenvalue weighted by molar-refractivity contribution is 7.80. The molecule has 0 fully saturated rings. The highest BCUT2D eigenvalue weighted by Crippen LogP contribution is 2.14. The molecule has 0 radical (unpaired) electrons. The quantitative estimate of drug-likeness (QED) is 0.843. The number of methoxy groups -OCH3 is 1. The van der Waals surface area contributed by atoms with E-state index >= 15 is 0 Å². The van der Waals surface area contributed by atoms with Crippen molar-refractivity contribution in [3.8, 4) is 5.75 Å². The van der Waals surface area contributed by atoms with Crippen LogP contribution in [0.25, 0.3) is 0 Å². The van der Waals surface area contributed by atoms with Gasteiger partial charge < -0.3 is 15.4 Å². The molecule has 2 rings (SSSR count). The zero-order chi connectivity index (χ0) is 14.4. The van der Waals surface area contributed by atoms with Crippen LogP contribution in [-0.2, 0) is 6.54 Å². The summed E-state index contributed by atoms with van der Waals surface area (Å²) >= 11 is 5.28. The second-order valence-electron chi connectivity index (χ2n) is 4.53. The summed E-state index contributed by atoms with van der Waals surface area (Å²) in [5, 5.41) is 6.94. The zero-order valence-electron chi connectivity index (χ0n) is 11.6. The van der Waals surface area contributed by atoms with Gasteiger partial charge >= 0.3 is 0 Å². The highest BCUT2D eigenvalue weighted by Gasteiger charge is 1.99. The van der Waals surface area contributed by atoms with Crippen LogP contribution < -0.4 is 15.4 Å². The first-order valence-electron chi connectivity index (χ1n) is 6.42. The van der Waals surface area contributed by atoms with Crippen LogP contribution in [-0.4, -0.2) is 12.2 Å². The Hall–Kier alpha value is -2.07. The van der Waals surface area contributed by atoms with Crippen molar-refractivity contribution in [3.05, 3.63) is 59.7 Å². The van der Waals surface area contributed by atoms with Gasteiger partial charge in [-0.25, -0.2) is 0 Å². The molecule has 0 saturated heterocycles. The van der Waals surface area contributed by atoms with Crippen LogP contribution in [0.2, 0.25) is 0 Å². The molecule has 0 aliphatic rings. The van der Waals surface area contributed by atoms with Gasteiger partial charge in [0.15, 0.2) is 5.11 Å². The van der Waals surface area contributed by atoms with Gasteiger partial charge in [0.05, 0.1) is 7.11 Å². The summed E-state index contributed by atoms with van der Waals surface area (Å²) in [7, 11) is 1.65. The molecule has 0 spiro atoms. The summed E-state index contributed by atoms with van der Waals surface area (Å²) < 4.78 is 5.11. The number of hydrogen-bond acceptors (Lipinski definition) is 2. The smallest absolute Gasteiger partial charge is 0.171 e. The van der Waals surface area contributed by atoms with E-state index in [2.05, 4.69) is 35.8 Å². The molecule has 0 heterocycles. The van der Waals surface area contributed by atoms with Crippen LogP contribution in [0.1, 0.15) is 11.1 Å². The third-order valence-corrected chi connectivity index (χ3v) is 3.13.